The Hall–Kier alpha value is -2.36. The van der Waals surface area contributed by atoms with Gasteiger partial charge in [0.05, 0.1) is 6.26 Å². The number of furan rings is 1. The van der Waals surface area contributed by atoms with E-state index in [4.69, 9.17) is 9.15 Å². The van der Waals surface area contributed by atoms with Crippen molar-refractivity contribution < 1.29 is 18.7 Å². The molecule has 1 unspecified atom stereocenters. The van der Waals surface area contributed by atoms with Crippen LogP contribution in [0.3, 0.4) is 0 Å². The van der Waals surface area contributed by atoms with Crippen molar-refractivity contribution >= 4 is 11.8 Å². The molecule has 1 atom stereocenters. The molecule has 1 aromatic carbocycles. The van der Waals surface area contributed by atoms with E-state index in [9.17, 15) is 9.59 Å². The van der Waals surface area contributed by atoms with Gasteiger partial charge < -0.3 is 9.15 Å². The molecule has 2 aromatic rings. The Bertz CT molecular complexity index is 528. The Morgan fingerprint density at radius 1 is 1.11 bits per heavy atom. The maximum atomic E-state index is 12.2. The minimum Gasteiger partial charge on any atom is -0.465 e. The van der Waals surface area contributed by atoms with E-state index in [0.29, 0.717) is 11.3 Å². The molecule has 0 aliphatic carbocycles. The monoisotopic (exact) mass is 244 g/mol. The van der Waals surface area contributed by atoms with Crippen LogP contribution in [0.5, 0.6) is 0 Å². The van der Waals surface area contributed by atoms with Gasteiger partial charge in [0.2, 0.25) is 11.9 Å². The minimum absolute atomic E-state index is 0.305. The van der Waals surface area contributed by atoms with E-state index in [1.54, 1.807) is 36.4 Å². The quantitative estimate of drug-likeness (QED) is 0.613. The van der Waals surface area contributed by atoms with Gasteiger partial charge in [-0.25, -0.2) is 0 Å². The molecule has 0 spiro atoms. The standard InChI is InChI=1S/C14H12O4/c1-10(15)18-14(12-8-5-9-17-12)13(16)11-6-3-2-4-7-11/h2-9,14H,1H3. The van der Waals surface area contributed by atoms with Crippen molar-refractivity contribution in [1.82, 2.24) is 0 Å². The lowest BCUT2D eigenvalue weighted by atomic mass is 10.0. The van der Waals surface area contributed by atoms with Crippen LogP contribution in [-0.4, -0.2) is 11.8 Å². The average molecular weight is 244 g/mol. The second-order valence-corrected chi connectivity index (χ2v) is 3.74. The van der Waals surface area contributed by atoms with Gasteiger partial charge in [-0.2, -0.15) is 0 Å². The molecule has 0 N–H and O–H groups in total. The van der Waals surface area contributed by atoms with Crippen LogP contribution < -0.4 is 0 Å². The number of esters is 1. The number of rotatable bonds is 4. The second-order valence-electron chi connectivity index (χ2n) is 3.74. The van der Waals surface area contributed by atoms with E-state index >= 15 is 0 Å². The summed E-state index contributed by atoms with van der Waals surface area (Å²) >= 11 is 0. The number of carbonyl (C=O) groups is 2. The minimum atomic E-state index is -1.03. The highest BCUT2D eigenvalue weighted by molar-refractivity contribution is 6.00. The van der Waals surface area contributed by atoms with Crippen LogP contribution in [-0.2, 0) is 9.53 Å². The topological polar surface area (TPSA) is 56.5 Å². The average Bonchev–Trinajstić information content (AvgIpc) is 2.89. The Morgan fingerprint density at radius 2 is 1.83 bits per heavy atom. The molecule has 0 radical (unpaired) electrons. The predicted molar refractivity (Wildman–Crippen MR) is 64.0 cm³/mol. The number of hydrogen-bond acceptors (Lipinski definition) is 4. The smallest absolute Gasteiger partial charge is 0.303 e. The van der Waals surface area contributed by atoms with Gasteiger partial charge in [-0.1, -0.05) is 30.3 Å². The largest absolute Gasteiger partial charge is 0.465 e. The zero-order valence-corrected chi connectivity index (χ0v) is 9.83. The van der Waals surface area contributed by atoms with Gasteiger partial charge >= 0.3 is 5.97 Å². The molecule has 0 aliphatic heterocycles. The zero-order chi connectivity index (χ0) is 13.0. The van der Waals surface area contributed by atoms with E-state index in [-0.39, 0.29) is 5.78 Å². The van der Waals surface area contributed by atoms with Crippen LogP contribution in [0.2, 0.25) is 0 Å². The molecule has 1 aromatic heterocycles. The highest BCUT2D eigenvalue weighted by Crippen LogP contribution is 2.23. The Labute approximate surface area is 104 Å². The van der Waals surface area contributed by atoms with Crippen molar-refractivity contribution in [3.8, 4) is 0 Å². The van der Waals surface area contributed by atoms with Crippen LogP contribution in [0.4, 0.5) is 0 Å². The number of Topliss-reactive ketones (excluding diaryl/α,β-unsaturated/α-hetero) is 1. The maximum absolute atomic E-state index is 12.2. The van der Waals surface area contributed by atoms with Crippen molar-refractivity contribution in [2.75, 3.05) is 0 Å². The first-order chi connectivity index (χ1) is 8.68. The number of carbonyl (C=O) groups excluding carboxylic acids is 2. The summed E-state index contributed by atoms with van der Waals surface area (Å²) in [5.74, 6) is -0.513. The van der Waals surface area contributed by atoms with Gasteiger partial charge in [-0.05, 0) is 12.1 Å². The van der Waals surface area contributed by atoms with Crippen LogP contribution in [0.15, 0.2) is 53.1 Å². The Balaban J connectivity index is 2.30. The van der Waals surface area contributed by atoms with Crippen molar-refractivity contribution in [2.24, 2.45) is 0 Å². The van der Waals surface area contributed by atoms with Gasteiger partial charge in [-0.15, -0.1) is 0 Å². The maximum Gasteiger partial charge on any atom is 0.303 e. The van der Waals surface area contributed by atoms with Gasteiger partial charge in [0.25, 0.3) is 0 Å². The molecule has 0 fully saturated rings. The molecule has 18 heavy (non-hydrogen) atoms. The van der Waals surface area contributed by atoms with E-state index < -0.39 is 12.1 Å². The molecule has 4 heteroatoms. The fourth-order valence-electron chi connectivity index (χ4n) is 1.60. The summed E-state index contributed by atoms with van der Waals surface area (Å²) in [7, 11) is 0. The first-order valence-electron chi connectivity index (χ1n) is 5.48. The summed E-state index contributed by atoms with van der Waals surface area (Å²) in [5, 5.41) is 0. The Morgan fingerprint density at radius 3 is 2.39 bits per heavy atom. The summed E-state index contributed by atoms with van der Waals surface area (Å²) in [6.07, 6.45) is 0.407. The van der Waals surface area contributed by atoms with E-state index in [1.165, 1.54) is 13.2 Å². The second kappa shape index (κ2) is 5.31. The highest BCUT2D eigenvalue weighted by atomic mass is 16.6. The number of ether oxygens (including phenoxy) is 1. The van der Waals surface area contributed by atoms with Gasteiger partial charge in [-0.3, -0.25) is 9.59 Å². The summed E-state index contributed by atoms with van der Waals surface area (Å²) in [4.78, 5) is 23.3. The molecular weight excluding hydrogens is 232 g/mol. The third-order valence-corrected chi connectivity index (χ3v) is 2.38. The van der Waals surface area contributed by atoms with Crippen LogP contribution in [0, 0.1) is 0 Å². The number of hydrogen-bond donors (Lipinski definition) is 0. The van der Waals surface area contributed by atoms with Crippen LogP contribution >= 0.6 is 0 Å². The lowest BCUT2D eigenvalue weighted by molar-refractivity contribution is -0.145. The number of benzene rings is 1. The first-order valence-corrected chi connectivity index (χ1v) is 5.48. The fraction of sp³-hybridized carbons (Fsp3) is 0.143. The molecule has 0 aliphatic rings. The summed E-state index contributed by atoms with van der Waals surface area (Å²) in [6.45, 7) is 1.26. The SMILES string of the molecule is CC(=O)OC(C(=O)c1ccccc1)c1ccco1. The van der Waals surface area contributed by atoms with Gasteiger partial charge in [0.1, 0.15) is 0 Å². The zero-order valence-electron chi connectivity index (χ0n) is 9.83. The third kappa shape index (κ3) is 2.66. The summed E-state index contributed by atoms with van der Waals surface area (Å²) < 4.78 is 10.2. The van der Waals surface area contributed by atoms with Gasteiger partial charge in [0.15, 0.2) is 5.76 Å². The molecule has 4 nitrogen and oxygen atoms in total. The van der Waals surface area contributed by atoms with Crippen molar-refractivity contribution in [3.63, 3.8) is 0 Å². The van der Waals surface area contributed by atoms with Crippen molar-refractivity contribution in [2.45, 2.75) is 13.0 Å². The summed E-state index contributed by atoms with van der Waals surface area (Å²) in [5.41, 5.74) is 0.472. The normalized spacial score (nSPS) is 11.8. The highest BCUT2D eigenvalue weighted by Gasteiger charge is 2.27. The lowest BCUT2D eigenvalue weighted by Crippen LogP contribution is -2.18. The number of ketones is 1. The molecule has 0 saturated heterocycles. The lowest BCUT2D eigenvalue weighted by Gasteiger charge is -2.13. The Kier molecular flexibility index (Phi) is 3.57. The molecule has 0 amide bonds. The van der Waals surface area contributed by atoms with Crippen LogP contribution in [0.25, 0.3) is 0 Å². The van der Waals surface area contributed by atoms with E-state index in [2.05, 4.69) is 0 Å². The van der Waals surface area contributed by atoms with Crippen LogP contribution in [0.1, 0.15) is 29.1 Å². The fourth-order valence-corrected chi connectivity index (χ4v) is 1.60. The van der Waals surface area contributed by atoms with Gasteiger partial charge in [0, 0.05) is 12.5 Å². The third-order valence-electron chi connectivity index (χ3n) is 2.38. The molecule has 0 saturated carbocycles. The molecule has 1 heterocycles. The molecule has 0 bridgehead atoms. The molecule has 2 rings (SSSR count). The van der Waals surface area contributed by atoms with Crippen molar-refractivity contribution in [3.05, 3.63) is 60.1 Å². The van der Waals surface area contributed by atoms with E-state index in [1.807, 2.05) is 6.07 Å². The molecule has 92 valence electrons. The molecular formula is C14H12O4. The summed E-state index contributed by atoms with van der Waals surface area (Å²) in [6, 6.07) is 11.9. The van der Waals surface area contributed by atoms with Crippen molar-refractivity contribution in [1.29, 1.82) is 0 Å². The predicted octanol–water partition coefficient (Wildman–Crippen LogP) is 2.77. The van der Waals surface area contributed by atoms with E-state index in [0.717, 1.165) is 0 Å². The first kappa shape index (κ1) is 12.1.